The number of rotatable bonds is 7. The summed E-state index contributed by atoms with van der Waals surface area (Å²) >= 11 is 0. The standard InChI is InChI=1S/C32H27FN2O3.C24H25FN2O/c1-18(2)29-27(17-36)28(19-10-12-21(33)13-11-19)26-9-5-6-20-16-22(14-15-23(20)30(26)34-29)35-31(37)24-7-3-4-8-25(24)32(35)38;1-14(2)23-21(13-28)22(15-6-8-17(25)9-7-15)20-5-3-4-16-12-18(26)10-11-19(16)24(20)27-23/h3-4,7-8,10-16,18,36H,5-6,9,17H2,1-2H3;6-12,14,28H,3-5,13,26H2,1-2H3. The first-order valence-electron chi connectivity index (χ1n) is 22.7. The van der Waals surface area contributed by atoms with Crippen molar-refractivity contribution in [2.45, 2.75) is 91.3 Å². The van der Waals surface area contributed by atoms with Crippen LogP contribution in [0.1, 0.15) is 118 Å². The summed E-state index contributed by atoms with van der Waals surface area (Å²) in [5.41, 5.74) is 23.4. The molecule has 0 unspecified atom stereocenters. The number of nitrogens with two attached hydrogens (primary N) is 1. The number of nitrogen functional groups attached to an aromatic ring is 1. The monoisotopic (exact) mass is 882 g/mol. The minimum atomic E-state index is -0.314. The number of nitrogens with zero attached hydrogens (tertiary/aromatic N) is 3. The Hall–Kier alpha value is -6.88. The van der Waals surface area contributed by atoms with Crippen molar-refractivity contribution >= 4 is 23.2 Å². The fourth-order valence-corrected chi connectivity index (χ4v) is 10.0. The molecule has 10 heteroatoms. The molecule has 7 aromatic rings. The van der Waals surface area contributed by atoms with E-state index in [2.05, 4.69) is 19.9 Å². The minimum Gasteiger partial charge on any atom is -0.399 e. The predicted molar refractivity (Wildman–Crippen MR) is 256 cm³/mol. The van der Waals surface area contributed by atoms with Gasteiger partial charge in [-0.25, -0.2) is 13.7 Å². The maximum absolute atomic E-state index is 13.8. The van der Waals surface area contributed by atoms with Crippen LogP contribution in [0.3, 0.4) is 0 Å². The van der Waals surface area contributed by atoms with Crippen molar-refractivity contribution in [1.82, 2.24) is 9.97 Å². The van der Waals surface area contributed by atoms with Crippen molar-refractivity contribution in [3.05, 3.63) is 177 Å². The van der Waals surface area contributed by atoms with Crippen LogP contribution < -0.4 is 10.6 Å². The Morgan fingerprint density at radius 1 is 0.576 bits per heavy atom. The first-order chi connectivity index (χ1) is 31.9. The van der Waals surface area contributed by atoms with Gasteiger partial charge in [0.1, 0.15) is 11.6 Å². The Labute approximate surface area is 383 Å². The molecule has 66 heavy (non-hydrogen) atoms. The van der Waals surface area contributed by atoms with E-state index in [1.165, 1.54) is 34.7 Å². The van der Waals surface area contributed by atoms with Crippen molar-refractivity contribution in [3.63, 3.8) is 0 Å². The Bertz CT molecular complexity index is 3000. The highest BCUT2D eigenvalue weighted by Crippen LogP contribution is 2.44. The highest BCUT2D eigenvalue weighted by molar-refractivity contribution is 6.34. The van der Waals surface area contributed by atoms with Crippen molar-refractivity contribution in [1.29, 1.82) is 0 Å². The van der Waals surface area contributed by atoms with E-state index >= 15 is 0 Å². The van der Waals surface area contributed by atoms with E-state index in [4.69, 9.17) is 15.7 Å². The number of pyridine rings is 2. The van der Waals surface area contributed by atoms with Crippen molar-refractivity contribution in [3.8, 4) is 44.8 Å². The van der Waals surface area contributed by atoms with E-state index in [9.17, 15) is 28.6 Å². The molecule has 0 radical (unpaired) electrons. The summed E-state index contributed by atoms with van der Waals surface area (Å²) in [5, 5.41) is 20.7. The molecule has 10 rings (SSSR count). The number of aliphatic hydroxyl groups excluding tert-OH is 2. The molecule has 0 bridgehead atoms. The number of imide groups is 1. The zero-order valence-corrected chi connectivity index (χ0v) is 37.6. The fraction of sp³-hybridized carbons (Fsp3) is 0.250. The number of carbonyl (C=O) groups excluding carboxylic acids is 2. The third kappa shape index (κ3) is 7.98. The van der Waals surface area contributed by atoms with Crippen molar-refractivity contribution in [2.75, 3.05) is 10.6 Å². The van der Waals surface area contributed by atoms with Crippen LogP contribution >= 0.6 is 0 Å². The number of aryl methyl sites for hydroxylation is 2. The van der Waals surface area contributed by atoms with Gasteiger partial charge in [-0.3, -0.25) is 19.6 Å². The average molecular weight is 883 g/mol. The van der Waals surface area contributed by atoms with Crippen molar-refractivity contribution in [2.24, 2.45) is 0 Å². The third-order valence-electron chi connectivity index (χ3n) is 13.1. The van der Waals surface area contributed by atoms with E-state index in [-0.39, 0.29) is 48.5 Å². The van der Waals surface area contributed by atoms with Crippen LogP contribution in [0.2, 0.25) is 0 Å². The van der Waals surface area contributed by atoms with Gasteiger partial charge in [-0.15, -0.1) is 0 Å². The minimum absolute atomic E-state index is 0.0611. The van der Waals surface area contributed by atoms with Gasteiger partial charge in [-0.1, -0.05) is 76.2 Å². The summed E-state index contributed by atoms with van der Waals surface area (Å²) in [6.45, 7) is 8.02. The number of aromatic nitrogens is 2. The second kappa shape index (κ2) is 18.2. The van der Waals surface area contributed by atoms with Gasteiger partial charge in [-0.2, -0.15) is 0 Å². The smallest absolute Gasteiger partial charge is 0.266 e. The number of halogens is 2. The Kier molecular flexibility index (Phi) is 12.2. The molecule has 2 amide bonds. The maximum atomic E-state index is 13.8. The zero-order chi connectivity index (χ0) is 46.4. The number of benzene rings is 5. The number of hydrogen-bond donors (Lipinski definition) is 3. The molecule has 0 saturated carbocycles. The molecule has 4 N–H and O–H groups in total. The predicted octanol–water partition coefficient (Wildman–Crippen LogP) is 11.7. The van der Waals surface area contributed by atoms with Crippen LogP contribution in [0, 0.1) is 11.6 Å². The number of amides is 2. The van der Waals surface area contributed by atoms with E-state index in [0.29, 0.717) is 16.8 Å². The first-order valence-corrected chi connectivity index (χ1v) is 22.7. The number of anilines is 2. The average Bonchev–Trinajstić information content (AvgIpc) is 3.43. The van der Waals surface area contributed by atoms with Gasteiger partial charge in [-0.05, 0) is 156 Å². The van der Waals surface area contributed by atoms with E-state index in [1.54, 1.807) is 48.5 Å². The summed E-state index contributed by atoms with van der Waals surface area (Å²) in [5.74, 6) is -0.982. The second-order valence-corrected chi connectivity index (χ2v) is 18.0. The molecule has 3 aliphatic rings. The van der Waals surface area contributed by atoms with E-state index in [0.717, 1.165) is 128 Å². The van der Waals surface area contributed by atoms with Gasteiger partial charge in [0.15, 0.2) is 0 Å². The summed E-state index contributed by atoms with van der Waals surface area (Å²) in [7, 11) is 0. The van der Waals surface area contributed by atoms with Crippen LogP contribution in [0.25, 0.3) is 44.8 Å². The highest BCUT2D eigenvalue weighted by Gasteiger charge is 2.37. The van der Waals surface area contributed by atoms with E-state index in [1.807, 2.05) is 44.2 Å². The molecule has 1 aliphatic heterocycles. The van der Waals surface area contributed by atoms with Gasteiger partial charge in [0, 0.05) is 39.3 Å². The molecule has 2 aliphatic carbocycles. The summed E-state index contributed by atoms with van der Waals surface area (Å²) < 4.78 is 27.3. The van der Waals surface area contributed by atoms with Crippen LogP contribution in [0.4, 0.5) is 20.2 Å². The van der Waals surface area contributed by atoms with Crippen LogP contribution in [0.15, 0.2) is 109 Å². The Morgan fingerprint density at radius 3 is 1.45 bits per heavy atom. The van der Waals surface area contributed by atoms with Gasteiger partial charge < -0.3 is 15.9 Å². The molecule has 334 valence electrons. The molecule has 0 saturated heterocycles. The Balaban J connectivity index is 0.000000174. The van der Waals surface area contributed by atoms with Crippen LogP contribution in [-0.2, 0) is 38.9 Å². The molecule has 3 heterocycles. The maximum Gasteiger partial charge on any atom is 0.266 e. The van der Waals surface area contributed by atoms with Gasteiger partial charge in [0.25, 0.3) is 11.8 Å². The molecule has 8 nitrogen and oxygen atoms in total. The lowest BCUT2D eigenvalue weighted by Crippen LogP contribution is -2.29. The van der Waals surface area contributed by atoms with Gasteiger partial charge in [0.05, 0.1) is 41.4 Å². The molecule has 2 aromatic heterocycles. The molecule has 0 spiro atoms. The molecule has 5 aromatic carbocycles. The summed E-state index contributed by atoms with van der Waals surface area (Å²) in [6.07, 6.45) is 5.08. The molecular formula is C56H52F2N4O4. The quantitative estimate of drug-likeness (QED) is 0.107. The number of carbonyl (C=O) groups is 2. The lowest BCUT2D eigenvalue weighted by Gasteiger charge is -2.22. The van der Waals surface area contributed by atoms with Crippen LogP contribution in [-0.4, -0.2) is 32.0 Å². The van der Waals surface area contributed by atoms with Gasteiger partial charge >= 0.3 is 0 Å². The summed E-state index contributed by atoms with van der Waals surface area (Å²) in [6, 6.07) is 31.5. The topological polar surface area (TPSA) is 130 Å². The largest absolute Gasteiger partial charge is 0.399 e. The van der Waals surface area contributed by atoms with Crippen molar-refractivity contribution < 1.29 is 28.6 Å². The number of fused-ring (bicyclic) bond motifs is 7. The highest BCUT2D eigenvalue weighted by atomic mass is 19.1. The first kappa shape index (κ1) is 44.3. The molecule has 0 fully saturated rings. The van der Waals surface area contributed by atoms with E-state index < -0.39 is 0 Å². The lowest BCUT2D eigenvalue weighted by atomic mass is 9.87. The zero-order valence-electron chi connectivity index (χ0n) is 37.6. The number of aliphatic hydroxyl groups is 2. The number of hydrogen-bond acceptors (Lipinski definition) is 7. The normalized spacial score (nSPS) is 13.9. The SMILES string of the molecule is CC(C)c1nc2c(c(-c3ccc(F)cc3)c1CO)CCCc1cc(N)ccc1-2.CC(C)c1nc2c(c(-c3ccc(F)cc3)c1CO)CCCc1cc(N3C(=O)c4ccccc4C3=O)ccc1-2. The third-order valence-corrected chi connectivity index (χ3v) is 13.1. The second-order valence-electron chi connectivity index (χ2n) is 18.0. The molecular weight excluding hydrogens is 831 g/mol. The lowest BCUT2D eigenvalue weighted by molar-refractivity contribution is 0.0926. The summed E-state index contributed by atoms with van der Waals surface area (Å²) in [4.78, 5) is 37.6. The Morgan fingerprint density at radius 2 is 1.02 bits per heavy atom. The van der Waals surface area contributed by atoms with Gasteiger partial charge in [0.2, 0.25) is 0 Å². The fourth-order valence-electron chi connectivity index (χ4n) is 10.0. The van der Waals surface area contributed by atoms with Crippen LogP contribution in [0.5, 0.6) is 0 Å². The molecule has 0 atom stereocenters.